The van der Waals surface area contributed by atoms with Crippen molar-refractivity contribution < 1.29 is 17.9 Å². The molecule has 3 rings (SSSR count). The average Bonchev–Trinajstić information content (AvgIpc) is 3.22. The lowest BCUT2D eigenvalue weighted by Gasteiger charge is -2.27. The zero-order valence-corrected chi connectivity index (χ0v) is 17.9. The van der Waals surface area contributed by atoms with E-state index in [4.69, 9.17) is 4.74 Å². The standard InChI is InChI=1S/C22H28N2O4S/c1-16(2)21(23-29(26,27)20-11-9-19(28-3)10-12-20)22(25)24-14-13-18(15-24)17-7-5-4-6-8-17/h4-12,16,18,21,23H,13-15H2,1-3H3/t18?,21-/m0/s1. The number of ether oxygens (including phenoxy) is 1. The van der Waals surface area contributed by atoms with Crippen LogP contribution in [0.5, 0.6) is 5.75 Å². The summed E-state index contributed by atoms with van der Waals surface area (Å²) in [6, 6.07) is 15.4. The quantitative estimate of drug-likeness (QED) is 0.753. The van der Waals surface area contributed by atoms with Crippen LogP contribution in [0.25, 0.3) is 0 Å². The molecule has 0 saturated carbocycles. The van der Waals surface area contributed by atoms with Crippen molar-refractivity contribution in [2.24, 2.45) is 5.92 Å². The molecule has 2 aromatic rings. The van der Waals surface area contributed by atoms with Crippen LogP contribution < -0.4 is 9.46 Å². The number of carbonyl (C=O) groups excluding carboxylic acids is 1. The van der Waals surface area contributed by atoms with Gasteiger partial charge in [-0.05, 0) is 42.2 Å². The molecule has 0 bridgehead atoms. The van der Waals surface area contributed by atoms with Crippen LogP contribution in [-0.2, 0) is 14.8 Å². The number of hydrogen-bond donors (Lipinski definition) is 1. The van der Waals surface area contributed by atoms with E-state index in [9.17, 15) is 13.2 Å². The van der Waals surface area contributed by atoms with Crippen LogP contribution in [-0.4, -0.2) is 45.5 Å². The van der Waals surface area contributed by atoms with E-state index in [1.807, 2.05) is 32.0 Å². The summed E-state index contributed by atoms with van der Waals surface area (Å²) in [7, 11) is -2.30. The zero-order chi connectivity index (χ0) is 21.0. The van der Waals surface area contributed by atoms with Gasteiger partial charge in [0.05, 0.1) is 12.0 Å². The fourth-order valence-electron chi connectivity index (χ4n) is 3.62. The Balaban J connectivity index is 1.73. The molecule has 1 aliphatic heterocycles. The Hall–Kier alpha value is -2.38. The molecule has 2 atom stereocenters. The number of amides is 1. The van der Waals surface area contributed by atoms with Gasteiger partial charge in [0.25, 0.3) is 0 Å². The summed E-state index contributed by atoms with van der Waals surface area (Å²) in [4.78, 5) is 15.0. The van der Waals surface area contributed by atoms with Gasteiger partial charge in [-0.25, -0.2) is 8.42 Å². The van der Waals surface area contributed by atoms with Gasteiger partial charge in [-0.2, -0.15) is 4.72 Å². The molecule has 0 aromatic heterocycles. The smallest absolute Gasteiger partial charge is 0.241 e. The zero-order valence-electron chi connectivity index (χ0n) is 17.0. The van der Waals surface area contributed by atoms with E-state index in [1.54, 1.807) is 17.0 Å². The van der Waals surface area contributed by atoms with Crippen molar-refractivity contribution in [3.8, 4) is 5.75 Å². The lowest BCUT2D eigenvalue weighted by molar-refractivity contribution is -0.133. The maximum atomic E-state index is 13.2. The van der Waals surface area contributed by atoms with Crippen molar-refractivity contribution in [3.63, 3.8) is 0 Å². The molecule has 7 heteroatoms. The first-order chi connectivity index (χ1) is 13.8. The number of likely N-dealkylation sites (tertiary alicyclic amines) is 1. The van der Waals surface area contributed by atoms with Crippen molar-refractivity contribution >= 4 is 15.9 Å². The second-order valence-electron chi connectivity index (χ2n) is 7.70. The SMILES string of the molecule is COc1ccc(S(=O)(=O)N[C@H](C(=O)N2CCC(c3ccccc3)C2)C(C)C)cc1. The van der Waals surface area contributed by atoms with E-state index in [0.29, 0.717) is 18.8 Å². The van der Waals surface area contributed by atoms with Crippen LogP contribution in [0.15, 0.2) is 59.5 Å². The van der Waals surface area contributed by atoms with E-state index in [-0.39, 0.29) is 22.6 Å². The maximum absolute atomic E-state index is 13.2. The Kier molecular flexibility index (Phi) is 6.59. The number of sulfonamides is 1. The summed E-state index contributed by atoms with van der Waals surface area (Å²) in [5.74, 6) is 0.512. The third kappa shape index (κ3) is 4.97. The third-order valence-electron chi connectivity index (χ3n) is 5.36. The lowest BCUT2D eigenvalue weighted by atomic mass is 9.99. The molecule has 156 valence electrons. The van der Waals surface area contributed by atoms with Crippen LogP contribution in [0.3, 0.4) is 0 Å². The molecule has 1 aliphatic rings. The Labute approximate surface area is 172 Å². The van der Waals surface area contributed by atoms with Crippen molar-refractivity contribution in [2.45, 2.75) is 37.1 Å². The summed E-state index contributed by atoms with van der Waals surface area (Å²) < 4.78 is 33.4. The molecule has 1 N–H and O–H groups in total. The number of carbonyl (C=O) groups is 1. The summed E-state index contributed by atoms with van der Waals surface area (Å²) in [5.41, 5.74) is 1.21. The van der Waals surface area contributed by atoms with E-state index in [2.05, 4.69) is 16.9 Å². The minimum absolute atomic E-state index is 0.111. The molecule has 0 aliphatic carbocycles. The highest BCUT2D eigenvalue weighted by atomic mass is 32.2. The first-order valence-electron chi connectivity index (χ1n) is 9.82. The number of nitrogens with zero attached hydrogens (tertiary/aromatic N) is 1. The van der Waals surface area contributed by atoms with Crippen molar-refractivity contribution in [2.75, 3.05) is 20.2 Å². The molecule has 1 heterocycles. The predicted octanol–water partition coefficient (Wildman–Crippen LogP) is 3.01. The Bertz CT molecular complexity index is 927. The first-order valence-corrected chi connectivity index (χ1v) is 11.3. The Morgan fingerprint density at radius 2 is 1.76 bits per heavy atom. The molecular weight excluding hydrogens is 388 g/mol. The minimum atomic E-state index is -3.82. The normalized spacial score (nSPS) is 18.1. The highest BCUT2D eigenvalue weighted by Crippen LogP contribution is 2.28. The summed E-state index contributed by atoms with van der Waals surface area (Å²) >= 11 is 0. The van der Waals surface area contributed by atoms with Gasteiger partial charge in [0.1, 0.15) is 11.8 Å². The lowest BCUT2D eigenvalue weighted by Crippen LogP contribution is -2.50. The molecule has 1 saturated heterocycles. The van der Waals surface area contributed by atoms with E-state index >= 15 is 0 Å². The van der Waals surface area contributed by atoms with Gasteiger partial charge in [0.2, 0.25) is 15.9 Å². The second-order valence-corrected chi connectivity index (χ2v) is 9.41. The monoisotopic (exact) mass is 416 g/mol. The van der Waals surface area contributed by atoms with Gasteiger partial charge >= 0.3 is 0 Å². The van der Waals surface area contributed by atoms with Gasteiger partial charge in [-0.3, -0.25) is 4.79 Å². The molecule has 6 nitrogen and oxygen atoms in total. The van der Waals surface area contributed by atoms with Crippen LogP contribution in [0.1, 0.15) is 31.7 Å². The molecule has 1 unspecified atom stereocenters. The van der Waals surface area contributed by atoms with Crippen LogP contribution in [0.2, 0.25) is 0 Å². The minimum Gasteiger partial charge on any atom is -0.497 e. The van der Waals surface area contributed by atoms with Crippen LogP contribution >= 0.6 is 0 Å². The molecule has 1 amide bonds. The van der Waals surface area contributed by atoms with Crippen molar-refractivity contribution in [1.82, 2.24) is 9.62 Å². The fraction of sp³-hybridized carbons (Fsp3) is 0.409. The first kappa shape index (κ1) is 21.3. The number of nitrogens with one attached hydrogen (secondary N) is 1. The summed E-state index contributed by atoms with van der Waals surface area (Å²) in [6.45, 7) is 4.94. The Morgan fingerprint density at radius 3 is 2.34 bits per heavy atom. The Morgan fingerprint density at radius 1 is 1.10 bits per heavy atom. The fourth-order valence-corrected chi connectivity index (χ4v) is 4.95. The average molecular weight is 417 g/mol. The highest BCUT2D eigenvalue weighted by Gasteiger charge is 2.35. The second kappa shape index (κ2) is 8.97. The van der Waals surface area contributed by atoms with Gasteiger partial charge in [0.15, 0.2) is 0 Å². The topological polar surface area (TPSA) is 75.7 Å². The van der Waals surface area contributed by atoms with E-state index in [1.165, 1.54) is 24.8 Å². The largest absolute Gasteiger partial charge is 0.497 e. The molecule has 0 spiro atoms. The molecule has 29 heavy (non-hydrogen) atoms. The van der Waals surface area contributed by atoms with E-state index in [0.717, 1.165) is 6.42 Å². The number of methoxy groups -OCH3 is 1. The van der Waals surface area contributed by atoms with Gasteiger partial charge in [-0.15, -0.1) is 0 Å². The van der Waals surface area contributed by atoms with Crippen molar-refractivity contribution in [1.29, 1.82) is 0 Å². The number of hydrogen-bond acceptors (Lipinski definition) is 4. The highest BCUT2D eigenvalue weighted by molar-refractivity contribution is 7.89. The molecule has 2 aromatic carbocycles. The third-order valence-corrected chi connectivity index (χ3v) is 6.81. The van der Waals surface area contributed by atoms with E-state index < -0.39 is 16.1 Å². The molecular formula is C22H28N2O4S. The summed E-state index contributed by atoms with van der Waals surface area (Å²) in [6.07, 6.45) is 0.881. The summed E-state index contributed by atoms with van der Waals surface area (Å²) in [5, 5.41) is 0. The van der Waals surface area contributed by atoms with Gasteiger partial charge < -0.3 is 9.64 Å². The number of benzene rings is 2. The maximum Gasteiger partial charge on any atom is 0.241 e. The molecule has 0 radical (unpaired) electrons. The van der Waals surface area contributed by atoms with Crippen LogP contribution in [0, 0.1) is 5.92 Å². The van der Waals surface area contributed by atoms with Crippen molar-refractivity contribution in [3.05, 3.63) is 60.2 Å². The van der Waals surface area contributed by atoms with Crippen LogP contribution in [0.4, 0.5) is 0 Å². The predicted molar refractivity (Wildman–Crippen MR) is 112 cm³/mol. The molecule has 1 fully saturated rings. The number of rotatable bonds is 7. The van der Waals surface area contributed by atoms with Gasteiger partial charge in [0, 0.05) is 19.0 Å². The van der Waals surface area contributed by atoms with Gasteiger partial charge in [-0.1, -0.05) is 44.2 Å².